The van der Waals surface area contributed by atoms with Crippen LogP contribution >= 0.6 is 0 Å². The number of rotatable bonds is 18. The first kappa shape index (κ1) is 37.9. The fourth-order valence-electron chi connectivity index (χ4n) is 6.12. The summed E-state index contributed by atoms with van der Waals surface area (Å²) in [7, 11) is 0. The second-order valence-electron chi connectivity index (χ2n) is 12.4. The van der Waals surface area contributed by atoms with Crippen LogP contribution in [0.25, 0.3) is 11.1 Å². The normalized spacial score (nSPS) is 17.6. The molecule has 1 fully saturated rings. The summed E-state index contributed by atoms with van der Waals surface area (Å²) in [6.45, 7) is 4.45. The van der Waals surface area contributed by atoms with E-state index in [0.717, 1.165) is 47.9 Å². The molecule has 0 N–H and O–H groups in total. The van der Waals surface area contributed by atoms with Gasteiger partial charge in [-0.05, 0) is 80.1 Å². The number of carbonyl (C=O) groups is 2. The Morgan fingerprint density at radius 1 is 0.776 bits per heavy atom. The molecule has 0 bridgehead atoms. The van der Waals surface area contributed by atoms with Gasteiger partial charge in [-0.2, -0.15) is 13.2 Å². The molecule has 0 radical (unpaired) electrons. The highest BCUT2D eigenvalue weighted by atomic mass is 19.4. The molecule has 0 aliphatic heterocycles. The molecule has 3 aromatic carbocycles. The molecule has 0 saturated heterocycles. The molecule has 2 atom stereocenters. The highest BCUT2D eigenvalue weighted by Crippen LogP contribution is 2.48. The van der Waals surface area contributed by atoms with E-state index in [1.54, 1.807) is 31.2 Å². The van der Waals surface area contributed by atoms with Crippen molar-refractivity contribution in [3.63, 3.8) is 0 Å². The first-order chi connectivity index (χ1) is 23.6. The second-order valence-corrected chi connectivity index (χ2v) is 12.4. The standard InChI is InChI=1S/C39H46F4O6/c1-3-5-6-7-8-9-10-11-12-26-47-31-21-19-29(20-22-31)28-15-17-30(18-16-28)36(44)48-32-23-24-33(34(40)27-32)37(45)49-38(39(41,42)43)25-13-14-35(38)46-4-2/h15-24,27,35H,3-14,25-26H2,1-2H3. The van der Waals surface area contributed by atoms with Crippen LogP contribution in [-0.4, -0.2) is 43.0 Å². The second kappa shape index (κ2) is 18.2. The van der Waals surface area contributed by atoms with Crippen LogP contribution < -0.4 is 9.47 Å². The van der Waals surface area contributed by atoms with E-state index in [1.165, 1.54) is 44.9 Å². The molecule has 0 aromatic heterocycles. The molecule has 10 heteroatoms. The van der Waals surface area contributed by atoms with Gasteiger partial charge in [0.1, 0.15) is 23.4 Å². The summed E-state index contributed by atoms with van der Waals surface area (Å²) in [5.41, 5.74) is -1.59. The number of benzene rings is 3. The summed E-state index contributed by atoms with van der Waals surface area (Å²) in [6, 6.07) is 17.2. The third kappa shape index (κ3) is 10.3. The molecule has 6 nitrogen and oxygen atoms in total. The summed E-state index contributed by atoms with van der Waals surface area (Å²) in [5, 5.41) is 0. The van der Waals surface area contributed by atoms with Crippen molar-refractivity contribution < 1.29 is 46.1 Å². The molecule has 3 aromatic rings. The highest BCUT2D eigenvalue weighted by molar-refractivity contribution is 5.92. The van der Waals surface area contributed by atoms with E-state index in [9.17, 15) is 27.2 Å². The molecule has 0 heterocycles. The summed E-state index contributed by atoms with van der Waals surface area (Å²) >= 11 is 0. The van der Waals surface area contributed by atoms with Crippen molar-refractivity contribution in [3.8, 4) is 22.6 Å². The Balaban J connectivity index is 1.27. The van der Waals surface area contributed by atoms with Gasteiger partial charge in [-0.15, -0.1) is 0 Å². The molecule has 4 rings (SSSR count). The molecule has 49 heavy (non-hydrogen) atoms. The Labute approximate surface area is 286 Å². The first-order valence-corrected chi connectivity index (χ1v) is 17.3. The molecule has 0 spiro atoms. The number of unbranched alkanes of at least 4 members (excludes halogenated alkanes) is 8. The van der Waals surface area contributed by atoms with Crippen LogP contribution in [0.5, 0.6) is 11.5 Å². The Hall–Kier alpha value is -3.92. The third-order valence-electron chi connectivity index (χ3n) is 8.85. The van der Waals surface area contributed by atoms with Gasteiger partial charge in [-0.3, -0.25) is 0 Å². The summed E-state index contributed by atoms with van der Waals surface area (Å²) in [4.78, 5) is 25.5. The Morgan fingerprint density at radius 3 is 1.96 bits per heavy atom. The fourth-order valence-corrected chi connectivity index (χ4v) is 6.12. The Morgan fingerprint density at radius 2 is 1.37 bits per heavy atom. The number of hydrogen-bond acceptors (Lipinski definition) is 6. The molecular weight excluding hydrogens is 640 g/mol. The van der Waals surface area contributed by atoms with Gasteiger partial charge in [-0.25, -0.2) is 14.0 Å². The van der Waals surface area contributed by atoms with Crippen molar-refractivity contribution in [1.29, 1.82) is 0 Å². The van der Waals surface area contributed by atoms with Gasteiger partial charge < -0.3 is 18.9 Å². The summed E-state index contributed by atoms with van der Waals surface area (Å²) in [5.74, 6) is -2.87. The SMILES string of the molecule is CCCCCCCCCCCOc1ccc(-c2ccc(C(=O)Oc3ccc(C(=O)OC4(C(F)(F)F)CCCC4OCC)c(F)c3)cc2)cc1. The number of hydrogen-bond donors (Lipinski definition) is 0. The zero-order valence-corrected chi connectivity index (χ0v) is 28.3. The van der Waals surface area contributed by atoms with Crippen LogP contribution in [0, 0.1) is 5.82 Å². The third-order valence-corrected chi connectivity index (χ3v) is 8.85. The molecular formula is C39H46F4O6. The van der Waals surface area contributed by atoms with E-state index in [-0.39, 0.29) is 30.8 Å². The van der Waals surface area contributed by atoms with Crippen molar-refractivity contribution in [2.75, 3.05) is 13.2 Å². The Kier molecular flexibility index (Phi) is 14.1. The maximum absolute atomic E-state index is 14.9. The van der Waals surface area contributed by atoms with E-state index in [2.05, 4.69) is 6.92 Å². The van der Waals surface area contributed by atoms with Gasteiger partial charge in [0.2, 0.25) is 5.60 Å². The molecule has 266 valence electrons. The van der Waals surface area contributed by atoms with Crippen LogP contribution in [-0.2, 0) is 9.47 Å². The van der Waals surface area contributed by atoms with Crippen LogP contribution in [0.1, 0.15) is 112 Å². The lowest BCUT2D eigenvalue weighted by Gasteiger charge is -2.36. The lowest BCUT2D eigenvalue weighted by Crippen LogP contribution is -2.55. The lowest BCUT2D eigenvalue weighted by atomic mass is 9.98. The Bertz CT molecular complexity index is 1490. The molecule has 1 aliphatic rings. The van der Waals surface area contributed by atoms with E-state index in [0.29, 0.717) is 6.61 Å². The highest BCUT2D eigenvalue weighted by Gasteiger charge is 2.65. The number of esters is 2. The minimum absolute atomic E-state index is 0.000763. The monoisotopic (exact) mass is 686 g/mol. The van der Waals surface area contributed by atoms with Crippen molar-refractivity contribution in [1.82, 2.24) is 0 Å². The molecule has 0 amide bonds. The van der Waals surface area contributed by atoms with E-state index >= 15 is 0 Å². The quantitative estimate of drug-likeness (QED) is 0.0574. The molecule has 2 unspecified atom stereocenters. The number of halogens is 4. The smallest absolute Gasteiger partial charge is 0.430 e. The van der Waals surface area contributed by atoms with Gasteiger partial charge in [-0.1, -0.05) is 82.6 Å². The average Bonchev–Trinajstić information content (AvgIpc) is 3.49. The van der Waals surface area contributed by atoms with Gasteiger partial charge in [0.15, 0.2) is 0 Å². The summed E-state index contributed by atoms with van der Waals surface area (Å²) < 4.78 is 78.5. The van der Waals surface area contributed by atoms with Crippen LogP contribution in [0.3, 0.4) is 0 Å². The van der Waals surface area contributed by atoms with Crippen LogP contribution in [0.15, 0.2) is 66.7 Å². The summed E-state index contributed by atoms with van der Waals surface area (Å²) in [6.07, 6.45) is 4.71. The van der Waals surface area contributed by atoms with E-state index in [4.69, 9.17) is 18.9 Å². The fraction of sp³-hybridized carbons (Fsp3) is 0.487. The van der Waals surface area contributed by atoms with Gasteiger partial charge in [0.05, 0.1) is 17.7 Å². The molecule has 1 aliphatic carbocycles. The largest absolute Gasteiger partial charge is 0.494 e. The first-order valence-electron chi connectivity index (χ1n) is 17.3. The van der Waals surface area contributed by atoms with Crippen molar-refractivity contribution in [2.24, 2.45) is 0 Å². The minimum atomic E-state index is -4.91. The maximum Gasteiger partial charge on any atom is 0.430 e. The number of carbonyl (C=O) groups excluding carboxylic acids is 2. The van der Waals surface area contributed by atoms with E-state index in [1.807, 2.05) is 24.3 Å². The van der Waals surface area contributed by atoms with Crippen molar-refractivity contribution in [2.45, 2.75) is 109 Å². The number of alkyl halides is 3. The van der Waals surface area contributed by atoms with E-state index < -0.39 is 47.6 Å². The lowest BCUT2D eigenvalue weighted by molar-refractivity contribution is -0.285. The zero-order valence-electron chi connectivity index (χ0n) is 28.3. The predicted molar refractivity (Wildman–Crippen MR) is 179 cm³/mol. The predicted octanol–water partition coefficient (Wildman–Crippen LogP) is 10.7. The maximum atomic E-state index is 14.9. The average molecular weight is 687 g/mol. The van der Waals surface area contributed by atoms with Gasteiger partial charge in [0, 0.05) is 12.7 Å². The van der Waals surface area contributed by atoms with Crippen molar-refractivity contribution in [3.05, 3.63) is 83.7 Å². The zero-order chi connectivity index (χ0) is 35.3. The van der Waals surface area contributed by atoms with Gasteiger partial charge >= 0.3 is 18.1 Å². The van der Waals surface area contributed by atoms with Crippen LogP contribution in [0.2, 0.25) is 0 Å². The van der Waals surface area contributed by atoms with Gasteiger partial charge in [0.25, 0.3) is 0 Å². The molecule has 1 saturated carbocycles. The topological polar surface area (TPSA) is 71.1 Å². The van der Waals surface area contributed by atoms with Crippen molar-refractivity contribution >= 4 is 11.9 Å². The van der Waals surface area contributed by atoms with Crippen LogP contribution in [0.4, 0.5) is 17.6 Å². The minimum Gasteiger partial charge on any atom is -0.494 e. The number of ether oxygens (including phenoxy) is 4.